The molecule has 0 bridgehead atoms. The van der Waals surface area contributed by atoms with E-state index in [1.165, 1.54) is 12.4 Å². The highest BCUT2D eigenvalue weighted by Gasteiger charge is 2.12. The highest BCUT2D eigenvalue weighted by atomic mass is 19.1. The molecule has 2 aromatic rings. The van der Waals surface area contributed by atoms with Crippen molar-refractivity contribution in [3.63, 3.8) is 0 Å². The van der Waals surface area contributed by atoms with E-state index in [0.717, 1.165) is 31.5 Å². The van der Waals surface area contributed by atoms with Gasteiger partial charge in [0.2, 0.25) is 5.95 Å². The lowest BCUT2D eigenvalue weighted by Crippen LogP contribution is -2.21. The van der Waals surface area contributed by atoms with Gasteiger partial charge in [-0.2, -0.15) is 0 Å². The number of anilines is 2. The van der Waals surface area contributed by atoms with Crippen LogP contribution in [0.25, 0.3) is 0 Å². The molecular formula is C16H18F2N4O. The van der Waals surface area contributed by atoms with Gasteiger partial charge in [-0.05, 0) is 18.6 Å². The fraction of sp³-hybridized carbons (Fsp3) is 0.312. The second-order valence-electron chi connectivity index (χ2n) is 5.13. The lowest BCUT2D eigenvalue weighted by molar-refractivity contribution is 0.102. The van der Waals surface area contributed by atoms with Crippen LogP contribution < -0.4 is 10.2 Å². The number of amides is 1. The van der Waals surface area contributed by atoms with E-state index in [2.05, 4.69) is 22.2 Å². The SMILES string of the molecule is CCCCN(C)c1ncc(C(=O)Nc2ccc(F)cc2F)cn1. The Hall–Kier alpha value is -2.57. The van der Waals surface area contributed by atoms with E-state index in [0.29, 0.717) is 12.0 Å². The first-order valence-corrected chi connectivity index (χ1v) is 7.31. The minimum atomic E-state index is -0.838. The van der Waals surface area contributed by atoms with Crippen LogP contribution in [0.2, 0.25) is 0 Å². The highest BCUT2D eigenvalue weighted by Crippen LogP contribution is 2.16. The van der Waals surface area contributed by atoms with Crippen molar-refractivity contribution in [2.45, 2.75) is 19.8 Å². The molecule has 1 heterocycles. The van der Waals surface area contributed by atoms with Gasteiger partial charge in [0.15, 0.2) is 0 Å². The van der Waals surface area contributed by atoms with Crippen LogP contribution in [0.4, 0.5) is 20.4 Å². The van der Waals surface area contributed by atoms with Crippen LogP contribution in [0, 0.1) is 11.6 Å². The van der Waals surface area contributed by atoms with Gasteiger partial charge in [0.25, 0.3) is 5.91 Å². The number of carbonyl (C=O) groups is 1. The second kappa shape index (κ2) is 7.62. The van der Waals surface area contributed by atoms with Crippen LogP contribution in [-0.4, -0.2) is 29.5 Å². The summed E-state index contributed by atoms with van der Waals surface area (Å²) in [5, 5.41) is 2.36. The van der Waals surface area contributed by atoms with Gasteiger partial charge in [-0.25, -0.2) is 18.7 Å². The number of nitrogens with one attached hydrogen (secondary N) is 1. The molecule has 122 valence electrons. The van der Waals surface area contributed by atoms with Crippen LogP contribution in [0.3, 0.4) is 0 Å². The topological polar surface area (TPSA) is 58.1 Å². The van der Waals surface area contributed by atoms with Crippen LogP contribution >= 0.6 is 0 Å². The highest BCUT2D eigenvalue weighted by molar-refractivity contribution is 6.03. The molecule has 5 nitrogen and oxygen atoms in total. The van der Waals surface area contributed by atoms with Crippen molar-refractivity contribution in [1.29, 1.82) is 0 Å². The Morgan fingerprint density at radius 3 is 2.57 bits per heavy atom. The Morgan fingerprint density at radius 1 is 1.26 bits per heavy atom. The predicted molar refractivity (Wildman–Crippen MR) is 84.5 cm³/mol. The lowest BCUT2D eigenvalue weighted by atomic mass is 10.2. The molecule has 0 aliphatic rings. The predicted octanol–water partition coefficient (Wildman–Crippen LogP) is 3.24. The quantitative estimate of drug-likeness (QED) is 0.888. The molecule has 0 radical (unpaired) electrons. The Balaban J connectivity index is 2.05. The Morgan fingerprint density at radius 2 is 1.96 bits per heavy atom. The fourth-order valence-corrected chi connectivity index (χ4v) is 1.92. The number of nitrogens with zero attached hydrogens (tertiary/aromatic N) is 3. The van der Waals surface area contributed by atoms with E-state index in [1.807, 2.05) is 11.9 Å². The molecule has 1 aromatic carbocycles. The summed E-state index contributed by atoms with van der Waals surface area (Å²) in [4.78, 5) is 22.2. The molecule has 23 heavy (non-hydrogen) atoms. The van der Waals surface area contributed by atoms with Crippen LogP contribution in [0.15, 0.2) is 30.6 Å². The molecule has 0 aliphatic carbocycles. The van der Waals surface area contributed by atoms with Gasteiger partial charge in [-0.15, -0.1) is 0 Å². The van der Waals surface area contributed by atoms with E-state index in [9.17, 15) is 13.6 Å². The molecule has 1 aromatic heterocycles. The van der Waals surface area contributed by atoms with Gasteiger partial charge in [-0.1, -0.05) is 13.3 Å². The first-order valence-electron chi connectivity index (χ1n) is 7.31. The monoisotopic (exact) mass is 320 g/mol. The minimum Gasteiger partial charge on any atom is -0.344 e. The number of hydrogen-bond acceptors (Lipinski definition) is 4. The normalized spacial score (nSPS) is 10.4. The summed E-state index contributed by atoms with van der Waals surface area (Å²) in [6, 6.07) is 2.94. The van der Waals surface area contributed by atoms with E-state index < -0.39 is 17.5 Å². The van der Waals surface area contributed by atoms with Crippen molar-refractivity contribution in [3.05, 3.63) is 47.8 Å². The maximum atomic E-state index is 13.5. The standard InChI is InChI=1S/C16H18F2N4O/c1-3-4-7-22(2)16-19-9-11(10-20-16)15(23)21-14-6-5-12(17)8-13(14)18/h5-6,8-10H,3-4,7H2,1-2H3,(H,21,23). The molecule has 0 saturated carbocycles. The minimum absolute atomic E-state index is 0.0967. The first-order chi connectivity index (χ1) is 11.0. The van der Waals surface area contributed by atoms with Crippen LogP contribution in [0.5, 0.6) is 0 Å². The van der Waals surface area contributed by atoms with Gasteiger partial charge in [-0.3, -0.25) is 4.79 Å². The average molecular weight is 320 g/mol. The van der Waals surface area contributed by atoms with Gasteiger partial charge < -0.3 is 10.2 Å². The zero-order valence-corrected chi connectivity index (χ0v) is 13.0. The molecule has 1 N–H and O–H groups in total. The Labute approximate surface area is 133 Å². The van der Waals surface area contributed by atoms with E-state index in [-0.39, 0.29) is 11.3 Å². The van der Waals surface area contributed by atoms with Crippen molar-refractivity contribution < 1.29 is 13.6 Å². The number of unbranched alkanes of at least 4 members (excludes halogenated alkanes) is 1. The third-order valence-corrected chi connectivity index (χ3v) is 3.27. The van der Waals surface area contributed by atoms with E-state index in [1.54, 1.807) is 0 Å². The molecular weight excluding hydrogens is 302 g/mol. The first kappa shape index (κ1) is 16.8. The maximum Gasteiger partial charge on any atom is 0.258 e. The third-order valence-electron chi connectivity index (χ3n) is 3.27. The molecule has 0 aliphatic heterocycles. The molecule has 0 spiro atoms. The fourth-order valence-electron chi connectivity index (χ4n) is 1.92. The molecule has 0 unspecified atom stereocenters. The molecule has 1 amide bonds. The Bertz CT molecular complexity index is 676. The van der Waals surface area contributed by atoms with E-state index >= 15 is 0 Å². The maximum absolute atomic E-state index is 13.5. The summed E-state index contributed by atoms with van der Waals surface area (Å²) in [6.45, 7) is 2.92. The van der Waals surface area contributed by atoms with Crippen molar-refractivity contribution in [3.8, 4) is 0 Å². The van der Waals surface area contributed by atoms with Crippen molar-refractivity contribution in [1.82, 2.24) is 9.97 Å². The van der Waals surface area contributed by atoms with Gasteiger partial charge in [0.1, 0.15) is 11.6 Å². The van der Waals surface area contributed by atoms with Crippen LogP contribution in [0.1, 0.15) is 30.1 Å². The number of carbonyl (C=O) groups excluding carboxylic acids is 1. The van der Waals surface area contributed by atoms with Crippen molar-refractivity contribution in [2.75, 3.05) is 23.8 Å². The largest absolute Gasteiger partial charge is 0.344 e. The van der Waals surface area contributed by atoms with Gasteiger partial charge in [0.05, 0.1) is 11.3 Å². The molecule has 7 heteroatoms. The smallest absolute Gasteiger partial charge is 0.258 e. The number of halogens is 2. The molecule has 2 rings (SSSR count). The zero-order valence-electron chi connectivity index (χ0n) is 13.0. The number of benzene rings is 1. The zero-order chi connectivity index (χ0) is 16.8. The van der Waals surface area contributed by atoms with Gasteiger partial charge in [0, 0.05) is 32.1 Å². The summed E-state index contributed by atoms with van der Waals surface area (Å²) in [7, 11) is 1.87. The molecule has 0 atom stereocenters. The summed E-state index contributed by atoms with van der Waals surface area (Å²) in [5.74, 6) is -1.58. The van der Waals surface area contributed by atoms with Crippen molar-refractivity contribution >= 4 is 17.5 Å². The third kappa shape index (κ3) is 4.45. The molecule has 0 saturated heterocycles. The van der Waals surface area contributed by atoms with Crippen LogP contribution in [-0.2, 0) is 0 Å². The summed E-state index contributed by atoms with van der Waals surface area (Å²) >= 11 is 0. The van der Waals surface area contributed by atoms with Gasteiger partial charge >= 0.3 is 0 Å². The number of hydrogen-bond donors (Lipinski definition) is 1. The summed E-state index contributed by atoms with van der Waals surface area (Å²) in [5.41, 5.74) is 0.0990. The average Bonchev–Trinajstić information content (AvgIpc) is 2.55. The lowest BCUT2D eigenvalue weighted by Gasteiger charge is -2.16. The Kier molecular flexibility index (Phi) is 5.56. The van der Waals surface area contributed by atoms with Crippen molar-refractivity contribution in [2.24, 2.45) is 0 Å². The number of rotatable bonds is 6. The second-order valence-corrected chi connectivity index (χ2v) is 5.13. The molecule has 0 fully saturated rings. The summed E-state index contributed by atoms with van der Waals surface area (Å²) in [6.07, 6.45) is 4.84. The van der Waals surface area contributed by atoms with E-state index in [4.69, 9.17) is 0 Å². The summed E-state index contributed by atoms with van der Waals surface area (Å²) < 4.78 is 26.4. The number of aromatic nitrogens is 2.